The van der Waals surface area contributed by atoms with Crippen molar-refractivity contribution in [2.45, 2.75) is 20.8 Å². The third kappa shape index (κ3) is 3.43. The van der Waals surface area contributed by atoms with Crippen molar-refractivity contribution in [3.05, 3.63) is 32.5 Å². The Balaban J connectivity index is 2.04. The third-order valence-corrected chi connectivity index (χ3v) is 4.50. The number of esters is 1. The van der Waals surface area contributed by atoms with E-state index in [9.17, 15) is 4.79 Å². The van der Waals surface area contributed by atoms with E-state index in [1.54, 1.807) is 31.4 Å². The standard InChI is InChI=1S/C13H15N3O2S2/c1-4-18-12(17)11-9(3)15-13(20-11)16-14-7-10-8(2)5-6-19-10/h5-7H,4H2,1-3H3,(H,15,16)/b14-7+. The minimum Gasteiger partial charge on any atom is -0.462 e. The van der Waals surface area contributed by atoms with E-state index in [-0.39, 0.29) is 5.97 Å². The van der Waals surface area contributed by atoms with Gasteiger partial charge in [0, 0.05) is 4.88 Å². The van der Waals surface area contributed by atoms with Crippen LogP contribution in [-0.4, -0.2) is 23.8 Å². The zero-order valence-electron chi connectivity index (χ0n) is 11.5. The Morgan fingerprint density at radius 2 is 2.35 bits per heavy atom. The molecule has 2 aromatic rings. The Bertz CT molecular complexity index is 631. The van der Waals surface area contributed by atoms with Crippen LogP contribution in [0.3, 0.4) is 0 Å². The van der Waals surface area contributed by atoms with Crippen LogP contribution in [-0.2, 0) is 4.74 Å². The van der Waals surface area contributed by atoms with Crippen molar-refractivity contribution in [2.24, 2.45) is 5.10 Å². The van der Waals surface area contributed by atoms with Crippen LogP contribution >= 0.6 is 22.7 Å². The number of anilines is 1. The maximum atomic E-state index is 11.7. The molecule has 0 bridgehead atoms. The lowest BCUT2D eigenvalue weighted by atomic mass is 10.3. The summed E-state index contributed by atoms with van der Waals surface area (Å²) in [6.45, 7) is 5.95. The molecule has 1 N–H and O–H groups in total. The number of nitrogens with zero attached hydrogens (tertiary/aromatic N) is 2. The van der Waals surface area contributed by atoms with Crippen molar-refractivity contribution < 1.29 is 9.53 Å². The van der Waals surface area contributed by atoms with E-state index in [0.29, 0.717) is 22.3 Å². The molecule has 0 fully saturated rings. The monoisotopic (exact) mass is 309 g/mol. The van der Waals surface area contributed by atoms with Gasteiger partial charge in [-0.3, -0.25) is 5.43 Å². The number of thiazole rings is 1. The summed E-state index contributed by atoms with van der Waals surface area (Å²) in [7, 11) is 0. The minimum absolute atomic E-state index is 0.339. The van der Waals surface area contributed by atoms with E-state index in [1.807, 2.05) is 18.4 Å². The Morgan fingerprint density at radius 1 is 1.55 bits per heavy atom. The number of carbonyl (C=O) groups excluding carboxylic acids is 1. The zero-order chi connectivity index (χ0) is 14.5. The van der Waals surface area contributed by atoms with Crippen LogP contribution in [0.1, 0.15) is 32.7 Å². The first-order chi connectivity index (χ1) is 9.61. The molecule has 20 heavy (non-hydrogen) atoms. The van der Waals surface area contributed by atoms with Gasteiger partial charge in [0.1, 0.15) is 4.88 Å². The van der Waals surface area contributed by atoms with Gasteiger partial charge in [-0.15, -0.1) is 11.3 Å². The van der Waals surface area contributed by atoms with Crippen molar-refractivity contribution in [2.75, 3.05) is 12.0 Å². The highest BCUT2D eigenvalue weighted by molar-refractivity contribution is 7.17. The highest BCUT2D eigenvalue weighted by Crippen LogP contribution is 2.23. The predicted octanol–water partition coefficient (Wildman–Crippen LogP) is 3.44. The van der Waals surface area contributed by atoms with Gasteiger partial charge in [-0.05, 0) is 37.8 Å². The summed E-state index contributed by atoms with van der Waals surface area (Å²) in [5.74, 6) is -0.339. The van der Waals surface area contributed by atoms with E-state index in [0.717, 1.165) is 4.88 Å². The normalized spacial score (nSPS) is 10.9. The number of ether oxygens (including phenoxy) is 1. The van der Waals surface area contributed by atoms with Crippen molar-refractivity contribution in [3.8, 4) is 0 Å². The van der Waals surface area contributed by atoms with Crippen LogP contribution in [0.25, 0.3) is 0 Å². The first-order valence-corrected chi connectivity index (χ1v) is 7.79. The van der Waals surface area contributed by atoms with Gasteiger partial charge >= 0.3 is 5.97 Å². The molecular formula is C13H15N3O2S2. The molecule has 0 spiro atoms. The molecule has 106 valence electrons. The fourth-order valence-corrected chi connectivity index (χ4v) is 3.09. The summed E-state index contributed by atoms with van der Waals surface area (Å²) in [4.78, 5) is 17.5. The Morgan fingerprint density at radius 3 is 3.00 bits per heavy atom. The van der Waals surface area contributed by atoms with Gasteiger partial charge < -0.3 is 4.74 Å². The lowest BCUT2D eigenvalue weighted by Gasteiger charge is -1.97. The van der Waals surface area contributed by atoms with Crippen LogP contribution in [0.4, 0.5) is 5.13 Å². The van der Waals surface area contributed by atoms with Crippen LogP contribution < -0.4 is 5.43 Å². The van der Waals surface area contributed by atoms with E-state index in [2.05, 4.69) is 15.5 Å². The summed E-state index contributed by atoms with van der Waals surface area (Å²) in [5, 5.41) is 6.73. The van der Waals surface area contributed by atoms with E-state index in [4.69, 9.17) is 4.74 Å². The molecule has 5 nitrogen and oxygen atoms in total. The molecule has 0 aromatic carbocycles. The molecule has 0 saturated carbocycles. The van der Waals surface area contributed by atoms with Gasteiger partial charge in [-0.2, -0.15) is 5.10 Å². The number of nitrogens with one attached hydrogen (secondary N) is 1. The molecule has 7 heteroatoms. The Hall–Kier alpha value is -1.73. The molecule has 0 unspecified atom stereocenters. The highest BCUT2D eigenvalue weighted by atomic mass is 32.1. The third-order valence-electron chi connectivity index (χ3n) is 2.50. The van der Waals surface area contributed by atoms with Gasteiger partial charge in [0.2, 0.25) is 5.13 Å². The second kappa shape index (κ2) is 6.62. The molecule has 2 heterocycles. The maximum absolute atomic E-state index is 11.7. The summed E-state index contributed by atoms with van der Waals surface area (Å²) >= 11 is 2.87. The fourth-order valence-electron chi connectivity index (χ4n) is 1.49. The Kier molecular flexibility index (Phi) is 4.86. The molecule has 2 rings (SSSR count). The second-order valence-electron chi connectivity index (χ2n) is 3.99. The number of thiophene rings is 1. The number of hydrogen-bond acceptors (Lipinski definition) is 7. The first kappa shape index (κ1) is 14.7. The van der Waals surface area contributed by atoms with Crippen LogP contribution in [0.15, 0.2) is 16.5 Å². The zero-order valence-corrected chi connectivity index (χ0v) is 13.1. The number of hydrazone groups is 1. The molecule has 0 amide bonds. The average Bonchev–Trinajstić information content (AvgIpc) is 2.97. The molecule has 0 aliphatic rings. The predicted molar refractivity (Wildman–Crippen MR) is 83.1 cm³/mol. The smallest absolute Gasteiger partial charge is 0.350 e. The van der Waals surface area contributed by atoms with Crippen LogP contribution in [0.2, 0.25) is 0 Å². The molecule has 0 saturated heterocycles. The molecule has 0 aliphatic heterocycles. The molecular weight excluding hydrogens is 294 g/mol. The molecule has 0 aliphatic carbocycles. The second-order valence-corrected chi connectivity index (χ2v) is 5.94. The topological polar surface area (TPSA) is 63.6 Å². The summed E-state index contributed by atoms with van der Waals surface area (Å²) < 4.78 is 4.97. The SMILES string of the molecule is CCOC(=O)c1sc(N/N=C/c2sccc2C)nc1C. The van der Waals surface area contributed by atoms with E-state index in [1.165, 1.54) is 16.9 Å². The van der Waals surface area contributed by atoms with Gasteiger partial charge in [-0.1, -0.05) is 11.3 Å². The fraction of sp³-hybridized carbons (Fsp3) is 0.308. The van der Waals surface area contributed by atoms with Crippen LogP contribution in [0.5, 0.6) is 0 Å². The number of carbonyl (C=O) groups is 1. The molecule has 0 radical (unpaired) electrons. The minimum atomic E-state index is -0.339. The van der Waals surface area contributed by atoms with Gasteiger partial charge in [0.05, 0.1) is 18.5 Å². The quantitative estimate of drug-likeness (QED) is 0.522. The van der Waals surface area contributed by atoms with Gasteiger partial charge in [0.15, 0.2) is 0 Å². The summed E-state index contributed by atoms with van der Waals surface area (Å²) in [5.41, 5.74) is 4.68. The van der Waals surface area contributed by atoms with Crippen molar-refractivity contribution >= 4 is 40.0 Å². The van der Waals surface area contributed by atoms with Crippen LogP contribution in [0, 0.1) is 13.8 Å². The lowest BCUT2D eigenvalue weighted by Crippen LogP contribution is -2.03. The maximum Gasteiger partial charge on any atom is 0.350 e. The lowest BCUT2D eigenvalue weighted by molar-refractivity contribution is 0.0531. The number of rotatable bonds is 5. The van der Waals surface area contributed by atoms with Gasteiger partial charge in [-0.25, -0.2) is 9.78 Å². The van der Waals surface area contributed by atoms with E-state index >= 15 is 0 Å². The van der Waals surface area contributed by atoms with E-state index < -0.39 is 0 Å². The summed E-state index contributed by atoms with van der Waals surface area (Å²) in [6.07, 6.45) is 1.75. The largest absolute Gasteiger partial charge is 0.462 e. The number of aryl methyl sites for hydroxylation is 2. The van der Waals surface area contributed by atoms with Gasteiger partial charge in [0.25, 0.3) is 0 Å². The van der Waals surface area contributed by atoms with Crippen molar-refractivity contribution in [1.82, 2.24) is 4.98 Å². The first-order valence-electron chi connectivity index (χ1n) is 6.09. The average molecular weight is 309 g/mol. The van der Waals surface area contributed by atoms with Crippen molar-refractivity contribution in [1.29, 1.82) is 0 Å². The highest BCUT2D eigenvalue weighted by Gasteiger charge is 2.15. The number of hydrogen-bond donors (Lipinski definition) is 1. The summed E-state index contributed by atoms with van der Waals surface area (Å²) in [6, 6.07) is 2.04. The molecule has 2 aromatic heterocycles. The molecule has 0 atom stereocenters. The number of aromatic nitrogens is 1. The van der Waals surface area contributed by atoms with Crippen molar-refractivity contribution in [3.63, 3.8) is 0 Å². The Labute approximate surface area is 125 Å².